The lowest BCUT2D eigenvalue weighted by Gasteiger charge is -2.34. The summed E-state index contributed by atoms with van der Waals surface area (Å²) in [5, 5.41) is 8.79. The van der Waals surface area contributed by atoms with Crippen LogP contribution in [0.5, 0.6) is 0 Å². The van der Waals surface area contributed by atoms with Gasteiger partial charge in [0.25, 0.3) is 0 Å². The monoisotopic (exact) mass is 418 g/mol. The van der Waals surface area contributed by atoms with Crippen molar-refractivity contribution in [2.24, 2.45) is 5.92 Å². The van der Waals surface area contributed by atoms with Crippen molar-refractivity contribution in [3.05, 3.63) is 45.6 Å². The van der Waals surface area contributed by atoms with Gasteiger partial charge in [0.1, 0.15) is 6.04 Å². The third kappa shape index (κ3) is 3.04. The van der Waals surface area contributed by atoms with Crippen molar-refractivity contribution in [2.45, 2.75) is 37.9 Å². The van der Waals surface area contributed by atoms with E-state index >= 15 is 0 Å². The summed E-state index contributed by atoms with van der Waals surface area (Å²) in [5.41, 5.74) is 2.88. The van der Waals surface area contributed by atoms with Crippen molar-refractivity contribution in [2.75, 3.05) is 11.1 Å². The van der Waals surface area contributed by atoms with Gasteiger partial charge in [0, 0.05) is 22.2 Å². The molecular formula is C18H19BrN4OS. The van der Waals surface area contributed by atoms with E-state index in [-0.39, 0.29) is 11.8 Å². The molecule has 7 heteroatoms. The van der Waals surface area contributed by atoms with Gasteiger partial charge in [0.05, 0.1) is 0 Å². The van der Waals surface area contributed by atoms with Crippen LogP contribution >= 0.6 is 27.7 Å². The molecule has 1 aliphatic heterocycles. The maximum absolute atomic E-state index is 12.9. The van der Waals surface area contributed by atoms with E-state index in [2.05, 4.69) is 57.3 Å². The molecule has 2 aromatic rings. The number of nitrogens with zero attached hydrogens (tertiary/aromatic N) is 3. The zero-order chi connectivity index (χ0) is 17.6. The van der Waals surface area contributed by atoms with Crippen LogP contribution in [-0.2, 0) is 4.79 Å². The molecule has 2 heterocycles. The summed E-state index contributed by atoms with van der Waals surface area (Å²) in [7, 11) is 0. The number of Topliss-reactive ketones (excluding diaryl/α,β-unsaturated/α-hetero) is 1. The van der Waals surface area contributed by atoms with Crippen molar-refractivity contribution >= 4 is 39.4 Å². The number of carbonyl (C=O) groups excluding carboxylic acids is 1. The number of hydrogen-bond donors (Lipinski definition) is 1. The Morgan fingerprint density at radius 3 is 3.00 bits per heavy atom. The predicted molar refractivity (Wildman–Crippen MR) is 103 cm³/mol. The van der Waals surface area contributed by atoms with Gasteiger partial charge in [-0.1, -0.05) is 53.7 Å². The van der Waals surface area contributed by atoms with E-state index < -0.39 is 0 Å². The molecule has 0 radical (unpaired) electrons. The second-order valence-corrected chi connectivity index (χ2v) is 8.65. The fourth-order valence-electron chi connectivity index (χ4n) is 3.56. The van der Waals surface area contributed by atoms with Gasteiger partial charge >= 0.3 is 0 Å². The Bertz CT molecular complexity index is 876. The van der Waals surface area contributed by atoms with Crippen LogP contribution in [0, 0.1) is 5.92 Å². The number of anilines is 1. The predicted octanol–water partition coefficient (Wildman–Crippen LogP) is 4.42. The summed E-state index contributed by atoms with van der Waals surface area (Å²) in [6, 6.07) is 7.88. The topological polar surface area (TPSA) is 59.8 Å². The average Bonchev–Trinajstić information content (AvgIpc) is 2.95. The number of allylic oxidation sites excluding steroid dienone is 2. The van der Waals surface area contributed by atoms with E-state index in [9.17, 15) is 4.79 Å². The molecule has 0 fully saturated rings. The standard InChI is InChI=1S/C18H19BrN4OS/c1-3-25-18-21-17-20-13-7-10(2)8-14(24)15(13)16(23(17)22-18)11-5-4-6-12(19)9-11/h4-6,9-10,16H,3,7-8H2,1-2H3,(H,20,21,22)/t10-,16+/m1/s1. The highest BCUT2D eigenvalue weighted by molar-refractivity contribution is 9.10. The fourth-order valence-corrected chi connectivity index (χ4v) is 4.53. The van der Waals surface area contributed by atoms with Crippen LogP contribution in [0.2, 0.25) is 0 Å². The van der Waals surface area contributed by atoms with Crippen molar-refractivity contribution in [3.8, 4) is 0 Å². The van der Waals surface area contributed by atoms with E-state index in [1.54, 1.807) is 11.8 Å². The molecule has 130 valence electrons. The summed E-state index contributed by atoms with van der Waals surface area (Å²) in [6.45, 7) is 4.20. The summed E-state index contributed by atoms with van der Waals surface area (Å²) in [4.78, 5) is 17.5. The number of fused-ring (bicyclic) bond motifs is 1. The van der Waals surface area contributed by atoms with E-state index in [0.29, 0.717) is 12.3 Å². The summed E-state index contributed by atoms with van der Waals surface area (Å²) in [6.07, 6.45) is 1.46. The molecular weight excluding hydrogens is 400 g/mol. The molecule has 0 spiro atoms. The van der Waals surface area contributed by atoms with Gasteiger partial charge in [-0.15, -0.1) is 5.10 Å². The molecule has 1 aliphatic carbocycles. The molecule has 0 amide bonds. The van der Waals surface area contributed by atoms with Gasteiger partial charge in [0.2, 0.25) is 11.1 Å². The molecule has 25 heavy (non-hydrogen) atoms. The first-order chi connectivity index (χ1) is 12.1. The number of carbonyl (C=O) groups is 1. The van der Waals surface area contributed by atoms with Crippen LogP contribution in [0.1, 0.15) is 38.3 Å². The molecule has 5 nitrogen and oxygen atoms in total. The Morgan fingerprint density at radius 1 is 1.40 bits per heavy atom. The third-order valence-electron chi connectivity index (χ3n) is 4.54. The van der Waals surface area contributed by atoms with Crippen LogP contribution in [0.15, 0.2) is 45.2 Å². The van der Waals surface area contributed by atoms with Crippen LogP contribution in [0.3, 0.4) is 0 Å². The van der Waals surface area contributed by atoms with E-state index in [1.807, 2.05) is 16.8 Å². The number of aromatic nitrogens is 3. The summed E-state index contributed by atoms with van der Waals surface area (Å²) in [5.74, 6) is 2.19. The van der Waals surface area contributed by atoms with Gasteiger partial charge in [-0.2, -0.15) is 4.98 Å². The van der Waals surface area contributed by atoms with Crippen LogP contribution in [-0.4, -0.2) is 26.3 Å². The molecule has 0 bridgehead atoms. The molecule has 4 rings (SSSR count). The largest absolute Gasteiger partial charge is 0.328 e. The van der Waals surface area contributed by atoms with Crippen molar-refractivity contribution in [1.82, 2.24) is 14.8 Å². The first-order valence-electron chi connectivity index (χ1n) is 8.45. The second-order valence-electron chi connectivity index (χ2n) is 6.51. The van der Waals surface area contributed by atoms with Gasteiger partial charge in [-0.05, 0) is 35.8 Å². The molecule has 1 aromatic heterocycles. The number of hydrogen-bond acceptors (Lipinski definition) is 5. The van der Waals surface area contributed by atoms with Crippen LogP contribution in [0.4, 0.5) is 5.95 Å². The molecule has 0 saturated carbocycles. The Labute approximate surface area is 159 Å². The van der Waals surface area contributed by atoms with E-state index in [0.717, 1.165) is 44.6 Å². The number of ketones is 1. The molecule has 0 unspecified atom stereocenters. The molecule has 0 saturated heterocycles. The zero-order valence-corrected chi connectivity index (χ0v) is 16.5. The van der Waals surface area contributed by atoms with Gasteiger partial charge in [-0.3, -0.25) is 4.79 Å². The second kappa shape index (κ2) is 6.61. The van der Waals surface area contributed by atoms with Crippen molar-refractivity contribution in [1.29, 1.82) is 0 Å². The van der Waals surface area contributed by atoms with Crippen molar-refractivity contribution in [3.63, 3.8) is 0 Å². The smallest absolute Gasteiger partial charge is 0.227 e. The van der Waals surface area contributed by atoms with Gasteiger partial charge in [0.15, 0.2) is 5.78 Å². The lowest BCUT2D eigenvalue weighted by Crippen LogP contribution is -2.33. The maximum Gasteiger partial charge on any atom is 0.227 e. The first-order valence-corrected chi connectivity index (χ1v) is 10.2. The number of halogens is 1. The Hall–Kier alpha value is -1.60. The maximum atomic E-state index is 12.9. The zero-order valence-electron chi connectivity index (χ0n) is 14.1. The number of benzene rings is 1. The van der Waals surface area contributed by atoms with E-state index in [4.69, 9.17) is 0 Å². The molecule has 1 aromatic carbocycles. The highest BCUT2D eigenvalue weighted by Crippen LogP contribution is 2.42. The Balaban J connectivity index is 1.88. The Morgan fingerprint density at radius 2 is 2.24 bits per heavy atom. The number of thioether (sulfide) groups is 1. The van der Waals surface area contributed by atoms with Gasteiger partial charge in [-0.25, -0.2) is 4.68 Å². The fraction of sp³-hybridized carbons (Fsp3) is 0.389. The first kappa shape index (κ1) is 16.8. The third-order valence-corrected chi connectivity index (χ3v) is 5.76. The minimum Gasteiger partial charge on any atom is -0.328 e. The highest BCUT2D eigenvalue weighted by atomic mass is 79.9. The minimum atomic E-state index is -0.220. The normalized spacial score (nSPS) is 22.4. The highest BCUT2D eigenvalue weighted by Gasteiger charge is 2.38. The Kier molecular flexibility index (Phi) is 4.45. The minimum absolute atomic E-state index is 0.206. The number of rotatable bonds is 3. The van der Waals surface area contributed by atoms with E-state index in [1.165, 1.54) is 0 Å². The summed E-state index contributed by atoms with van der Waals surface area (Å²) < 4.78 is 2.86. The average molecular weight is 419 g/mol. The van der Waals surface area contributed by atoms with Gasteiger partial charge < -0.3 is 5.32 Å². The van der Waals surface area contributed by atoms with Crippen LogP contribution < -0.4 is 5.32 Å². The quantitative estimate of drug-likeness (QED) is 0.747. The molecule has 1 N–H and O–H groups in total. The summed E-state index contributed by atoms with van der Waals surface area (Å²) >= 11 is 5.15. The molecule has 2 atom stereocenters. The lowest BCUT2D eigenvalue weighted by molar-refractivity contribution is -0.117. The lowest BCUT2D eigenvalue weighted by atomic mass is 9.81. The number of nitrogens with one attached hydrogen (secondary N) is 1. The van der Waals surface area contributed by atoms with Crippen LogP contribution in [0.25, 0.3) is 0 Å². The molecule has 2 aliphatic rings. The SMILES string of the molecule is CCSc1nc2n(n1)[C@@H](c1cccc(Br)c1)C1=C(C[C@@H](C)CC1=O)N2. The van der Waals surface area contributed by atoms with Crippen molar-refractivity contribution < 1.29 is 4.79 Å².